The average molecular weight is 280 g/mol. The largest absolute Gasteiger partial charge is 0.726 e. The Balaban J connectivity index is 2.73. The second-order valence-electron chi connectivity index (χ2n) is 3.12. The van der Waals surface area contributed by atoms with Crippen LogP contribution < -0.4 is 5.73 Å². The summed E-state index contributed by atoms with van der Waals surface area (Å²) in [5, 5.41) is 0. The fourth-order valence-corrected chi connectivity index (χ4v) is 2.52. The van der Waals surface area contributed by atoms with Gasteiger partial charge in [-0.2, -0.15) is 0 Å². The van der Waals surface area contributed by atoms with Gasteiger partial charge in [-0.1, -0.05) is 0 Å². The molecule has 9 heteroatoms. The normalized spacial score (nSPS) is 12.5. The lowest BCUT2D eigenvalue weighted by Gasteiger charge is -2.08. The molecule has 0 aliphatic heterocycles. The summed E-state index contributed by atoms with van der Waals surface area (Å²) in [7, 11) is -8.55. The monoisotopic (exact) mass is 280 g/mol. The molecule has 0 amide bonds. The van der Waals surface area contributed by atoms with Gasteiger partial charge >= 0.3 is 0 Å². The van der Waals surface area contributed by atoms with Crippen molar-refractivity contribution in [1.82, 2.24) is 0 Å². The van der Waals surface area contributed by atoms with Gasteiger partial charge in [-0.25, -0.2) is 16.8 Å². The Labute approximate surface area is 99.1 Å². The van der Waals surface area contributed by atoms with Gasteiger partial charge in [-0.3, -0.25) is 4.18 Å². The number of rotatable bonds is 5. The molecule has 0 radical (unpaired) electrons. The summed E-state index contributed by atoms with van der Waals surface area (Å²) in [4.78, 5) is -0.0152. The van der Waals surface area contributed by atoms with Crippen molar-refractivity contribution in [3.05, 3.63) is 24.3 Å². The zero-order valence-corrected chi connectivity index (χ0v) is 10.2. The van der Waals surface area contributed by atoms with E-state index in [-0.39, 0.29) is 4.90 Å². The number of sulfone groups is 1. The molecule has 0 spiro atoms. The van der Waals surface area contributed by atoms with Crippen molar-refractivity contribution in [2.24, 2.45) is 0 Å². The number of hydrogen-bond acceptors (Lipinski definition) is 7. The van der Waals surface area contributed by atoms with Crippen LogP contribution in [0.25, 0.3) is 0 Å². The van der Waals surface area contributed by atoms with Crippen LogP contribution in [0.4, 0.5) is 5.69 Å². The second kappa shape index (κ2) is 5.00. The third-order valence-electron chi connectivity index (χ3n) is 1.82. The van der Waals surface area contributed by atoms with Gasteiger partial charge in [-0.05, 0) is 24.3 Å². The molecule has 0 aliphatic rings. The fraction of sp³-hybridized carbons (Fsp3) is 0.250. The summed E-state index contributed by atoms with van der Waals surface area (Å²) in [5.41, 5.74) is 5.79. The zero-order valence-electron chi connectivity index (χ0n) is 8.57. The Hall–Kier alpha value is -1.16. The van der Waals surface area contributed by atoms with E-state index in [0.717, 1.165) is 0 Å². The quantitative estimate of drug-likeness (QED) is 0.438. The molecule has 0 atom stereocenters. The predicted octanol–water partition coefficient (Wildman–Crippen LogP) is -0.481. The maximum atomic E-state index is 11.6. The first-order chi connectivity index (χ1) is 7.71. The number of nitrogens with two attached hydrogens (primary N) is 1. The van der Waals surface area contributed by atoms with Gasteiger partial charge in [0.05, 0.1) is 17.3 Å². The van der Waals surface area contributed by atoms with Gasteiger partial charge in [0.2, 0.25) is 10.4 Å². The Morgan fingerprint density at radius 3 is 2.12 bits per heavy atom. The van der Waals surface area contributed by atoms with Gasteiger partial charge in [0.15, 0.2) is 9.84 Å². The number of benzene rings is 1. The first-order valence-corrected chi connectivity index (χ1v) is 7.38. The lowest BCUT2D eigenvalue weighted by atomic mass is 10.3. The fourth-order valence-electron chi connectivity index (χ4n) is 1.04. The minimum atomic E-state index is -4.87. The van der Waals surface area contributed by atoms with E-state index in [1.807, 2.05) is 0 Å². The predicted molar refractivity (Wildman–Crippen MR) is 58.6 cm³/mol. The topological polar surface area (TPSA) is 127 Å². The maximum Gasteiger partial charge on any atom is 0.217 e. The molecule has 96 valence electrons. The highest BCUT2D eigenvalue weighted by Crippen LogP contribution is 2.13. The lowest BCUT2D eigenvalue weighted by molar-refractivity contribution is 0.276. The van der Waals surface area contributed by atoms with E-state index in [1.54, 1.807) is 0 Å². The molecule has 0 unspecified atom stereocenters. The molecule has 0 saturated heterocycles. The third kappa shape index (κ3) is 4.69. The zero-order chi connectivity index (χ0) is 13.1. The standard InChI is InChI=1S/C8H11NO6S2/c9-7-1-3-8(4-2-7)16(10,11)6-5-15-17(12,13)14/h1-4H,5-6,9H2,(H,12,13,14)/p-1. The van der Waals surface area contributed by atoms with Crippen LogP contribution in [0.2, 0.25) is 0 Å². The molecule has 0 fully saturated rings. The highest BCUT2D eigenvalue weighted by atomic mass is 32.3. The van der Waals surface area contributed by atoms with Gasteiger partial charge < -0.3 is 10.3 Å². The van der Waals surface area contributed by atoms with Crippen LogP contribution in [0.3, 0.4) is 0 Å². The highest BCUT2D eigenvalue weighted by Gasteiger charge is 2.14. The van der Waals surface area contributed by atoms with Crippen molar-refractivity contribution in [1.29, 1.82) is 0 Å². The number of nitrogen functional groups attached to an aromatic ring is 1. The minimum Gasteiger partial charge on any atom is -0.726 e. The lowest BCUT2D eigenvalue weighted by Crippen LogP contribution is -2.15. The van der Waals surface area contributed by atoms with Crippen molar-refractivity contribution in [2.75, 3.05) is 18.1 Å². The summed E-state index contributed by atoms with van der Waals surface area (Å²) in [6.45, 7) is -0.710. The van der Waals surface area contributed by atoms with E-state index >= 15 is 0 Å². The molecule has 1 rings (SSSR count). The van der Waals surface area contributed by atoms with Crippen LogP contribution >= 0.6 is 0 Å². The summed E-state index contributed by atoms with van der Waals surface area (Å²) < 4.78 is 57.4. The van der Waals surface area contributed by atoms with Crippen LogP contribution in [0, 0.1) is 0 Å². The third-order valence-corrected chi connectivity index (χ3v) is 3.97. The maximum absolute atomic E-state index is 11.6. The van der Waals surface area contributed by atoms with Crippen LogP contribution in [0.15, 0.2) is 29.2 Å². The van der Waals surface area contributed by atoms with E-state index in [1.165, 1.54) is 24.3 Å². The SMILES string of the molecule is Nc1ccc(S(=O)(=O)CCOS(=O)(=O)[O-])cc1. The van der Waals surface area contributed by atoms with E-state index in [0.29, 0.717) is 5.69 Å². The molecule has 17 heavy (non-hydrogen) atoms. The Morgan fingerprint density at radius 1 is 1.12 bits per heavy atom. The Bertz CT molecular complexity index is 575. The summed E-state index contributed by atoms with van der Waals surface area (Å²) in [6, 6.07) is 5.38. The second-order valence-corrected chi connectivity index (χ2v) is 6.28. The molecule has 1 aromatic rings. The summed E-state index contributed by atoms with van der Waals surface area (Å²) in [5.74, 6) is -0.599. The molecule has 0 aromatic heterocycles. The first-order valence-electron chi connectivity index (χ1n) is 4.39. The van der Waals surface area contributed by atoms with E-state index < -0.39 is 32.6 Å². The van der Waals surface area contributed by atoms with Crippen molar-refractivity contribution in [3.63, 3.8) is 0 Å². The van der Waals surface area contributed by atoms with Crippen LogP contribution in [-0.2, 0) is 24.4 Å². The molecule has 0 aliphatic carbocycles. The van der Waals surface area contributed by atoms with E-state index in [2.05, 4.69) is 4.18 Å². The van der Waals surface area contributed by atoms with Crippen molar-refractivity contribution in [2.45, 2.75) is 4.90 Å². The molecule has 2 N–H and O–H groups in total. The highest BCUT2D eigenvalue weighted by molar-refractivity contribution is 7.91. The molecular formula is C8H10NO6S2-. The Kier molecular flexibility index (Phi) is 4.09. The number of hydrogen-bond donors (Lipinski definition) is 1. The molecule has 0 saturated carbocycles. The summed E-state index contributed by atoms with van der Waals surface area (Å²) >= 11 is 0. The average Bonchev–Trinajstić information content (AvgIpc) is 2.15. The molecule has 0 bridgehead atoms. The van der Waals surface area contributed by atoms with Crippen LogP contribution in [0.5, 0.6) is 0 Å². The first kappa shape index (κ1) is 13.9. The summed E-state index contributed by atoms with van der Waals surface area (Å²) in [6.07, 6.45) is 0. The van der Waals surface area contributed by atoms with Crippen molar-refractivity contribution in [3.8, 4) is 0 Å². The van der Waals surface area contributed by atoms with E-state index in [4.69, 9.17) is 5.73 Å². The molecule has 7 nitrogen and oxygen atoms in total. The molecule has 0 heterocycles. The van der Waals surface area contributed by atoms with Crippen molar-refractivity contribution >= 4 is 25.9 Å². The molecular weight excluding hydrogens is 270 g/mol. The van der Waals surface area contributed by atoms with Gasteiger partial charge in [0.25, 0.3) is 0 Å². The smallest absolute Gasteiger partial charge is 0.217 e. The Morgan fingerprint density at radius 2 is 1.65 bits per heavy atom. The van der Waals surface area contributed by atoms with E-state index in [9.17, 15) is 21.4 Å². The minimum absolute atomic E-state index is 0.0152. The number of anilines is 1. The van der Waals surface area contributed by atoms with Crippen molar-refractivity contribution < 1.29 is 25.6 Å². The van der Waals surface area contributed by atoms with Gasteiger partial charge in [0, 0.05) is 5.69 Å². The van der Waals surface area contributed by atoms with Crippen LogP contribution in [-0.4, -0.2) is 33.7 Å². The van der Waals surface area contributed by atoms with Crippen LogP contribution in [0.1, 0.15) is 0 Å². The molecule has 1 aromatic carbocycles. The van der Waals surface area contributed by atoms with Gasteiger partial charge in [-0.15, -0.1) is 0 Å². The van der Waals surface area contributed by atoms with Gasteiger partial charge in [0.1, 0.15) is 0 Å².